The minimum Gasteiger partial charge on any atom is -0.490 e. The SMILES string of the molecule is Cc1cc(C2(c3cc(C)c(OCC4CO4)c(C)c3)CC(C)CC(C)C2)cc(C)c1OCC1CO1. The van der Waals surface area contributed by atoms with E-state index in [9.17, 15) is 0 Å². The van der Waals surface area contributed by atoms with Crippen molar-refractivity contribution in [3.63, 3.8) is 0 Å². The minimum absolute atomic E-state index is 0.00160. The summed E-state index contributed by atoms with van der Waals surface area (Å²) in [6.45, 7) is 16.5. The van der Waals surface area contributed by atoms with Crippen molar-refractivity contribution >= 4 is 0 Å². The Labute approximate surface area is 204 Å². The molecule has 0 spiro atoms. The van der Waals surface area contributed by atoms with E-state index in [0.29, 0.717) is 25.0 Å². The molecule has 5 rings (SSSR count). The van der Waals surface area contributed by atoms with Crippen molar-refractivity contribution in [3.05, 3.63) is 57.6 Å². The third kappa shape index (κ3) is 4.85. The van der Waals surface area contributed by atoms with Gasteiger partial charge in [-0.1, -0.05) is 38.1 Å². The molecule has 34 heavy (non-hydrogen) atoms. The van der Waals surface area contributed by atoms with Gasteiger partial charge in [0.1, 0.15) is 36.9 Å². The van der Waals surface area contributed by atoms with E-state index in [0.717, 1.165) is 24.7 Å². The van der Waals surface area contributed by atoms with E-state index in [-0.39, 0.29) is 17.6 Å². The van der Waals surface area contributed by atoms with E-state index in [1.165, 1.54) is 52.6 Å². The van der Waals surface area contributed by atoms with Gasteiger partial charge in [-0.3, -0.25) is 0 Å². The lowest BCUT2D eigenvalue weighted by molar-refractivity contribution is 0.209. The maximum absolute atomic E-state index is 6.17. The first-order chi connectivity index (χ1) is 16.2. The largest absolute Gasteiger partial charge is 0.490 e. The first kappa shape index (κ1) is 23.7. The molecule has 4 unspecified atom stereocenters. The highest BCUT2D eigenvalue weighted by molar-refractivity contribution is 5.53. The van der Waals surface area contributed by atoms with Gasteiger partial charge < -0.3 is 18.9 Å². The van der Waals surface area contributed by atoms with Gasteiger partial charge in [0.2, 0.25) is 0 Å². The van der Waals surface area contributed by atoms with Crippen LogP contribution < -0.4 is 9.47 Å². The van der Waals surface area contributed by atoms with E-state index in [1.807, 2.05) is 0 Å². The zero-order chi connectivity index (χ0) is 24.0. The molecule has 4 atom stereocenters. The molecule has 2 aromatic rings. The summed E-state index contributed by atoms with van der Waals surface area (Å²) in [6, 6.07) is 9.56. The summed E-state index contributed by atoms with van der Waals surface area (Å²) < 4.78 is 23.0. The molecular formula is C30H40O4. The number of ether oxygens (including phenoxy) is 4. The Morgan fingerprint density at radius 1 is 0.706 bits per heavy atom. The summed E-state index contributed by atoms with van der Waals surface area (Å²) in [6.07, 6.45) is 4.16. The predicted molar refractivity (Wildman–Crippen MR) is 135 cm³/mol. The van der Waals surface area contributed by atoms with Crippen LogP contribution in [0, 0.1) is 39.5 Å². The van der Waals surface area contributed by atoms with Gasteiger partial charge in [-0.15, -0.1) is 0 Å². The average Bonchev–Trinajstić information content (AvgIpc) is 3.66. The lowest BCUT2D eigenvalue weighted by Crippen LogP contribution is -2.37. The Bertz CT molecular complexity index is 920. The molecule has 4 heteroatoms. The predicted octanol–water partition coefficient (Wildman–Crippen LogP) is 6.22. The number of benzene rings is 2. The second-order valence-electron chi connectivity index (χ2n) is 11.3. The number of hydrogen-bond donors (Lipinski definition) is 0. The highest BCUT2D eigenvalue weighted by Gasteiger charge is 2.42. The third-order valence-electron chi connectivity index (χ3n) is 7.86. The molecule has 0 amide bonds. The standard InChI is InChI=1S/C30H40O4/c1-18-7-19(2)13-30(12-18,24-8-20(3)28(21(4)9-24)33-16-26-14-31-26)25-10-22(5)29(23(6)11-25)34-17-27-15-32-27/h8-11,18-19,26-27H,7,12-17H2,1-6H3. The van der Waals surface area contributed by atoms with Crippen molar-refractivity contribution in [1.29, 1.82) is 0 Å². The summed E-state index contributed by atoms with van der Waals surface area (Å²) >= 11 is 0. The lowest BCUT2D eigenvalue weighted by atomic mass is 9.59. The topological polar surface area (TPSA) is 43.5 Å². The average molecular weight is 465 g/mol. The molecule has 2 heterocycles. The molecule has 2 saturated heterocycles. The second-order valence-corrected chi connectivity index (χ2v) is 11.3. The van der Waals surface area contributed by atoms with Crippen molar-refractivity contribution in [2.45, 2.75) is 78.4 Å². The van der Waals surface area contributed by atoms with Crippen molar-refractivity contribution in [2.24, 2.45) is 11.8 Å². The summed E-state index contributed by atoms with van der Waals surface area (Å²) in [4.78, 5) is 0. The van der Waals surface area contributed by atoms with Crippen molar-refractivity contribution in [3.8, 4) is 11.5 Å². The van der Waals surface area contributed by atoms with E-state index in [2.05, 4.69) is 65.8 Å². The Morgan fingerprint density at radius 3 is 1.38 bits per heavy atom. The van der Waals surface area contributed by atoms with Crippen LogP contribution in [-0.4, -0.2) is 38.6 Å². The Morgan fingerprint density at radius 2 is 1.06 bits per heavy atom. The van der Waals surface area contributed by atoms with Crippen LogP contribution >= 0.6 is 0 Å². The zero-order valence-corrected chi connectivity index (χ0v) is 21.7. The van der Waals surface area contributed by atoms with Crippen molar-refractivity contribution in [1.82, 2.24) is 0 Å². The van der Waals surface area contributed by atoms with Crippen molar-refractivity contribution in [2.75, 3.05) is 26.4 Å². The minimum atomic E-state index is -0.00160. The van der Waals surface area contributed by atoms with E-state index < -0.39 is 0 Å². The summed E-state index contributed by atoms with van der Waals surface area (Å²) in [5.74, 6) is 3.39. The molecule has 0 bridgehead atoms. The maximum atomic E-state index is 6.17. The highest BCUT2D eigenvalue weighted by Crippen LogP contribution is 2.51. The molecule has 3 fully saturated rings. The molecule has 2 aromatic carbocycles. The Hall–Kier alpha value is -2.04. The molecule has 1 aliphatic carbocycles. The zero-order valence-electron chi connectivity index (χ0n) is 21.7. The van der Waals surface area contributed by atoms with E-state index >= 15 is 0 Å². The van der Waals surface area contributed by atoms with Gasteiger partial charge in [-0.2, -0.15) is 0 Å². The fourth-order valence-corrected chi connectivity index (χ4v) is 6.35. The van der Waals surface area contributed by atoms with E-state index in [4.69, 9.17) is 18.9 Å². The molecular weight excluding hydrogens is 424 g/mol. The number of rotatable bonds is 8. The number of hydrogen-bond acceptors (Lipinski definition) is 4. The van der Waals surface area contributed by atoms with Crippen LogP contribution in [0.2, 0.25) is 0 Å². The van der Waals surface area contributed by atoms with Gasteiger partial charge in [-0.25, -0.2) is 0 Å². The van der Waals surface area contributed by atoms with Gasteiger partial charge >= 0.3 is 0 Å². The monoisotopic (exact) mass is 464 g/mol. The van der Waals surface area contributed by atoms with Gasteiger partial charge in [0.25, 0.3) is 0 Å². The Kier molecular flexibility index (Phi) is 6.41. The first-order valence-corrected chi connectivity index (χ1v) is 13.0. The molecule has 0 radical (unpaired) electrons. The van der Waals surface area contributed by atoms with Crippen LogP contribution in [-0.2, 0) is 14.9 Å². The number of aryl methyl sites for hydroxylation is 4. The normalized spacial score (nSPS) is 30.2. The maximum Gasteiger partial charge on any atom is 0.125 e. The van der Waals surface area contributed by atoms with Crippen LogP contribution in [0.4, 0.5) is 0 Å². The summed E-state index contributed by atoms with van der Waals surface area (Å²) in [5, 5.41) is 0. The second kappa shape index (κ2) is 9.20. The van der Waals surface area contributed by atoms with Gasteiger partial charge in [0.05, 0.1) is 13.2 Å². The van der Waals surface area contributed by atoms with Crippen LogP contribution in [0.15, 0.2) is 24.3 Å². The molecule has 4 nitrogen and oxygen atoms in total. The van der Waals surface area contributed by atoms with Crippen LogP contribution in [0.25, 0.3) is 0 Å². The smallest absolute Gasteiger partial charge is 0.125 e. The van der Waals surface area contributed by atoms with E-state index in [1.54, 1.807) is 0 Å². The van der Waals surface area contributed by atoms with Gasteiger partial charge in [0.15, 0.2) is 0 Å². The number of epoxide rings is 2. The molecule has 2 aliphatic heterocycles. The van der Waals surface area contributed by atoms with Crippen LogP contribution in [0.5, 0.6) is 11.5 Å². The van der Waals surface area contributed by atoms with Gasteiger partial charge in [0, 0.05) is 5.41 Å². The molecule has 0 N–H and O–H groups in total. The molecule has 184 valence electrons. The molecule has 0 aromatic heterocycles. The van der Waals surface area contributed by atoms with Crippen LogP contribution in [0.1, 0.15) is 66.5 Å². The van der Waals surface area contributed by atoms with Crippen LogP contribution in [0.3, 0.4) is 0 Å². The highest BCUT2D eigenvalue weighted by atomic mass is 16.6. The fraction of sp³-hybridized carbons (Fsp3) is 0.600. The summed E-state index contributed by atoms with van der Waals surface area (Å²) in [7, 11) is 0. The quantitative estimate of drug-likeness (QED) is 0.435. The van der Waals surface area contributed by atoms with Crippen molar-refractivity contribution < 1.29 is 18.9 Å². The Balaban J connectivity index is 1.54. The molecule has 3 aliphatic rings. The first-order valence-electron chi connectivity index (χ1n) is 13.0. The summed E-state index contributed by atoms with van der Waals surface area (Å²) in [5.41, 5.74) is 7.73. The third-order valence-corrected chi connectivity index (χ3v) is 7.86. The van der Waals surface area contributed by atoms with Gasteiger partial charge in [-0.05, 0) is 92.2 Å². The fourth-order valence-electron chi connectivity index (χ4n) is 6.35. The molecule has 1 saturated carbocycles. The lowest BCUT2D eigenvalue weighted by Gasteiger charge is -2.45.